The molecule has 3 rings (SSSR count). The minimum Gasteiger partial charge on any atom is -0.508 e. The van der Waals surface area contributed by atoms with Gasteiger partial charge in [-0.1, -0.05) is 23.8 Å². The number of carbonyl (C=O) groups is 3. The van der Waals surface area contributed by atoms with Crippen molar-refractivity contribution < 1.29 is 33.7 Å². The Morgan fingerprint density at radius 1 is 0.742 bits per heavy atom. The fraction of sp³-hybridized carbons (Fsp3) is 0.0833. The summed E-state index contributed by atoms with van der Waals surface area (Å²) in [6.45, 7) is 1.89. The van der Waals surface area contributed by atoms with Gasteiger partial charge in [0.1, 0.15) is 17.3 Å². The van der Waals surface area contributed by atoms with Crippen molar-refractivity contribution in [2.45, 2.75) is 6.92 Å². The highest BCUT2D eigenvalue weighted by atomic mass is 16.6. The van der Waals surface area contributed by atoms with Crippen LogP contribution in [0.25, 0.3) is 0 Å². The molecule has 0 aliphatic heterocycles. The molecule has 0 unspecified atom stereocenters. The van der Waals surface area contributed by atoms with Crippen LogP contribution in [0.1, 0.15) is 26.3 Å². The van der Waals surface area contributed by atoms with Crippen LogP contribution < -0.4 is 0 Å². The zero-order valence-corrected chi connectivity index (χ0v) is 16.8. The predicted molar refractivity (Wildman–Crippen MR) is 111 cm³/mol. The molecule has 1 aliphatic carbocycles. The van der Waals surface area contributed by atoms with Crippen molar-refractivity contribution in [3.05, 3.63) is 107 Å². The predicted octanol–water partition coefficient (Wildman–Crippen LogP) is 3.80. The lowest BCUT2D eigenvalue weighted by Crippen LogP contribution is -2.13. The molecule has 0 heterocycles. The average molecular weight is 419 g/mol. The van der Waals surface area contributed by atoms with E-state index in [0.29, 0.717) is 5.56 Å². The molecule has 1 aliphatic rings. The lowest BCUT2D eigenvalue weighted by molar-refractivity contribution is -0.136. The number of ether oxygens (including phenoxy) is 3. The number of phenols is 1. The minimum atomic E-state index is -0.723. The molecule has 157 valence electrons. The number of methoxy groups -OCH3 is 1. The Bertz CT molecular complexity index is 1090. The van der Waals surface area contributed by atoms with Crippen LogP contribution in [0.15, 0.2) is 83.9 Å². The van der Waals surface area contributed by atoms with E-state index >= 15 is 0 Å². The number of rotatable bonds is 5. The minimum absolute atomic E-state index is 0.0186. The van der Waals surface area contributed by atoms with Gasteiger partial charge in [0.25, 0.3) is 0 Å². The number of carbonyl (C=O) groups excluding carboxylic acids is 3. The van der Waals surface area contributed by atoms with Crippen LogP contribution in [0.5, 0.6) is 5.75 Å². The maximum absolute atomic E-state index is 12.5. The maximum Gasteiger partial charge on any atom is 0.343 e. The highest BCUT2D eigenvalue weighted by Crippen LogP contribution is 2.23. The number of allylic oxidation sites excluding steroid dienone is 3. The van der Waals surface area contributed by atoms with Crippen LogP contribution in [-0.2, 0) is 19.0 Å². The topological polar surface area (TPSA) is 99.1 Å². The van der Waals surface area contributed by atoms with Crippen molar-refractivity contribution in [2.24, 2.45) is 0 Å². The molecule has 31 heavy (non-hydrogen) atoms. The molecule has 0 spiro atoms. The molecule has 0 atom stereocenters. The largest absolute Gasteiger partial charge is 0.508 e. The van der Waals surface area contributed by atoms with Crippen LogP contribution in [0.2, 0.25) is 0 Å². The Morgan fingerprint density at radius 2 is 1.32 bits per heavy atom. The first-order chi connectivity index (χ1) is 14.9. The summed E-state index contributed by atoms with van der Waals surface area (Å²) < 4.78 is 15.5. The molecule has 0 amide bonds. The zero-order valence-electron chi connectivity index (χ0n) is 16.8. The van der Waals surface area contributed by atoms with Crippen molar-refractivity contribution >= 4 is 17.9 Å². The van der Waals surface area contributed by atoms with E-state index in [1.807, 2.05) is 6.92 Å². The fourth-order valence-electron chi connectivity index (χ4n) is 2.60. The van der Waals surface area contributed by atoms with Gasteiger partial charge in [0.15, 0.2) is 0 Å². The van der Waals surface area contributed by atoms with E-state index in [9.17, 15) is 19.5 Å². The van der Waals surface area contributed by atoms with E-state index in [1.54, 1.807) is 24.3 Å². The van der Waals surface area contributed by atoms with E-state index in [4.69, 9.17) is 14.2 Å². The number of aryl methyl sites for hydroxylation is 1. The van der Waals surface area contributed by atoms with E-state index < -0.39 is 17.9 Å². The average Bonchev–Trinajstić information content (AvgIpc) is 2.96. The Labute approximate surface area is 178 Å². The van der Waals surface area contributed by atoms with Gasteiger partial charge in [-0.05, 0) is 55.5 Å². The van der Waals surface area contributed by atoms with Crippen LogP contribution in [0, 0.1) is 13.3 Å². The van der Waals surface area contributed by atoms with Crippen LogP contribution >= 0.6 is 0 Å². The number of esters is 3. The van der Waals surface area contributed by atoms with Crippen molar-refractivity contribution in [3.8, 4) is 5.75 Å². The van der Waals surface area contributed by atoms with Crippen molar-refractivity contribution in [1.82, 2.24) is 0 Å². The van der Waals surface area contributed by atoms with Crippen LogP contribution in [0.4, 0.5) is 0 Å². The van der Waals surface area contributed by atoms with Crippen molar-refractivity contribution in [3.63, 3.8) is 0 Å². The molecule has 0 aromatic heterocycles. The maximum atomic E-state index is 12.5. The third-order valence-electron chi connectivity index (χ3n) is 4.29. The Morgan fingerprint density at radius 3 is 1.94 bits per heavy atom. The third kappa shape index (κ3) is 5.48. The lowest BCUT2D eigenvalue weighted by atomic mass is 10.1. The summed E-state index contributed by atoms with van der Waals surface area (Å²) in [6.07, 6.45) is 5.46. The van der Waals surface area contributed by atoms with Gasteiger partial charge in [0.05, 0.1) is 23.8 Å². The first-order valence-electron chi connectivity index (χ1n) is 9.23. The van der Waals surface area contributed by atoms with Crippen molar-refractivity contribution in [2.75, 3.05) is 7.11 Å². The lowest BCUT2D eigenvalue weighted by Gasteiger charge is -2.10. The van der Waals surface area contributed by atoms with E-state index in [2.05, 4.69) is 0 Å². The van der Waals surface area contributed by atoms with Gasteiger partial charge in [-0.25, -0.2) is 14.4 Å². The summed E-state index contributed by atoms with van der Waals surface area (Å²) in [4.78, 5) is 37.0. The van der Waals surface area contributed by atoms with Crippen molar-refractivity contribution in [1.29, 1.82) is 0 Å². The van der Waals surface area contributed by atoms with Gasteiger partial charge >= 0.3 is 17.9 Å². The van der Waals surface area contributed by atoms with E-state index in [-0.39, 0.29) is 28.4 Å². The number of hydrogen-bond acceptors (Lipinski definition) is 7. The molecule has 7 nitrogen and oxygen atoms in total. The number of benzene rings is 2. The van der Waals surface area contributed by atoms with E-state index in [0.717, 1.165) is 5.56 Å². The fourth-order valence-corrected chi connectivity index (χ4v) is 2.60. The molecule has 1 N–H and O–H groups in total. The SMILES string of the molecule is COC(=O)C1=C[CH]C(OC(=O)c2ccc(O)cc2)=CC=C1OC(=O)c1ccc(C)cc1. The summed E-state index contributed by atoms with van der Waals surface area (Å²) >= 11 is 0. The standard InChI is InChI=1S/C24H19O7/c1-15-3-5-16(6-4-15)23(27)31-21-14-12-19(11-13-20(21)24(28)29-2)30-22(26)17-7-9-18(25)10-8-17/h3-14,25H,1-2H3. The Balaban J connectivity index is 1.82. The molecular weight excluding hydrogens is 400 g/mol. The molecular formula is C24H19O7. The Hall–Kier alpha value is -4.13. The van der Waals surface area contributed by atoms with Gasteiger partial charge in [-0.3, -0.25) is 0 Å². The van der Waals surface area contributed by atoms with Crippen LogP contribution in [0.3, 0.4) is 0 Å². The molecule has 2 aromatic rings. The highest BCUT2D eigenvalue weighted by molar-refractivity contribution is 5.96. The number of phenolic OH excluding ortho intramolecular Hbond substituents is 1. The summed E-state index contributed by atoms with van der Waals surface area (Å²) in [5.41, 5.74) is 1.50. The quantitative estimate of drug-likeness (QED) is 0.581. The van der Waals surface area contributed by atoms with E-state index in [1.165, 1.54) is 56.0 Å². The summed E-state index contributed by atoms with van der Waals surface area (Å²) in [6, 6.07) is 12.3. The first kappa shape index (κ1) is 21.6. The van der Waals surface area contributed by atoms with Gasteiger partial charge in [-0.2, -0.15) is 0 Å². The molecule has 0 bridgehead atoms. The zero-order chi connectivity index (χ0) is 22.4. The molecule has 7 heteroatoms. The van der Waals surface area contributed by atoms with Gasteiger partial charge in [-0.15, -0.1) is 0 Å². The molecule has 0 fully saturated rings. The second-order valence-corrected chi connectivity index (χ2v) is 6.53. The summed E-state index contributed by atoms with van der Waals surface area (Å²) in [5, 5.41) is 9.33. The first-order valence-corrected chi connectivity index (χ1v) is 9.23. The monoisotopic (exact) mass is 419 g/mol. The number of hydrogen-bond donors (Lipinski definition) is 1. The third-order valence-corrected chi connectivity index (χ3v) is 4.29. The summed E-state index contributed by atoms with van der Waals surface area (Å²) in [7, 11) is 1.20. The Kier molecular flexibility index (Phi) is 6.67. The normalized spacial score (nSPS) is 13.2. The second kappa shape index (κ2) is 9.58. The smallest absolute Gasteiger partial charge is 0.343 e. The molecule has 2 aromatic carbocycles. The molecule has 1 radical (unpaired) electrons. The second-order valence-electron chi connectivity index (χ2n) is 6.53. The van der Waals surface area contributed by atoms with Gasteiger partial charge < -0.3 is 19.3 Å². The van der Waals surface area contributed by atoms with Gasteiger partial charge in [0.2, 0.25) is 0 Å². The molecule has 0 saturated heterocycles. The number of aromatic hydroxyl groups is 1. The molecule has 0 saturated carbocycles. The summed E-state index contributed by atoms with van der Waals surface area (Å²) in [5.74, 6) is -1.96. The van der Waals surface area contributed by atoms with Crippen LogP contribution in [-0.4, -0.2) is 30.1 Å². The van der Waals surface area contributed by atoms with Gasteiger partial charge in [0, 0.05) is 6.42 Å². The highest BCUT2D eigenvalue weighted by Gasteiger charge is 2.23.